The molecule has 3 N–H and O–H groups in total. The summed E-state index contributed by atoms with van der Waals surface area (Å²) in [5.74, 6) is 0.839. The van der Waals surface area contributed by atoms with Gasteiger partial charge in [-0.05, 0) is 30.0 Å². The van der Waals surface area contributed by atoms with Gasteiger partial charge in [0.15, 0.2) is 0 Å². The first kappa shape index (κ1) is 18.8. The summed E-state index contributed by atoms with van der Waals surface area (Å²) in [6.07, 6.45) is 1.57. The Morgan fingerprint density at radius 1 is 1.07 bits per heavy atom. The van der Waals surface area contributed by atoms with E-state index in [1.165, 1.54) is 5.56 Å². The van der Waals surface area contributed by atoms with E-state index in [0.717, 1.165) is 49.4 Å². The lowest BCUT2D eigenvalue weighted by Gasteiger charge is -2.29. The zero-order chi connectivity index (χ0) is 19.3. The fourth-order valence-corrected chi connectivity index (χ4v) is 3.77. The minimum Gasteiger partial charge on any atom is -0.491 e. The summed E-state index contributed by atoms with van der Waals surface area (Å²) in [6, 6.07) is 15.8. The molecule has 4 rings (SSSR count). The fraction of sp³-hybridized carbons (Fsp3) is 0.409. The van der Waals surface area contributed by atoms with E-state index in [-0.39, 0.29) is 18.2 Å². The number of aliphatic hydroxyl groups excluding tert-OH is 1. The smallest absolute Gasteiger partial charge is 0.315 e. The number of hydrogen-bond donors (Lipinski definition) is 3. The van der Waals surface area contributed by atoms with Gasteiger partial charge in [0, 0.05) is 31.7 Å². The van der Waals surface area contributed by atoms with Crippen LogP contribution in [0, 0.1) is 0 Å². The predicted octanol–water partition coefficient (Wildman–Crippen LogP) is 2.58. The minimum absolute atomic E-state index is 0.110. The number of hydrogen-bond acceptors (Lipinski definition) is 4. The van der Waals surface area contributed by atoms with Gasteiger partial charge in [0.2, 0.25) is 0 Å². The van der Waals surface area contributed by atoms with Crippen molar-refractivity contribution in [1.82, 2.24) is 15.5 Å². The van der Waals surface area contributed by atoms with Gasteiger partial charge in [-0.15, -0.1) is 0 Å². The lowest BCUT2D eigenvalue weighted by molar-refractivity contribution is 0.0792. The lowest BCUT2D eigenvalue weighted by atomic mass is 10.1. The second-order valence-electron chi connectivity index (χ2n) is 7.55. The van der Waals surface area contributed by atoms with E-state index >= 15 is 0 Å². The first-order valence-corrected chi connectivity index (χ1v) is 9.92. The molecule has 6 heteroatoms. The van der Waals surface area contributed by atoms with E-state index in [1.807, 2.05) is 24.3 Å². The maximum Gasteiger partial charge on any atom is 0.315 e. The van der Waals surface area contributed by atoms with E-state index < -0.39 is 0 Å². The van der Waals surface area contributed by atoms with E-state index in [9.17, 15) is 9.90 Å². The number of nitrogens with zero attached hydrogens (tertiary/aromatic N) is 1. The molecule has 2 aliphatic rings. The summed E-state index contributed by atoms with van der Waals surface area (Å²) in [4.78, 5) is 14.6. The molecule has 1 atom stereocenters. The highest BCUT2D eigenvalue weighted by Crippen LogP contribution is 2.31. The minimum atomic E-state index is -0.193. The lowest BCUT2D eigenvalue weighted by Crippen LogP contribution is -2.38. The maximum atomic E-state index is 12.2. The van der Waals surface area contributed by atoms with Crippen molar-refractivity contribution in [1.29, 1.82) is 0 Å². The first-order valence-electron chi connectivity index (χ1n) is 9.92. The Labute approximate surface area is 165 Å². The van der Waals surface area contributed by atoms with Gasteiger partial charge in [0.1, 0.15) is 12.4 Å². The fourth-order valence-electron chi connectivity index (χ4n) is 3.77. The number of urea groups is 1. The van der Waals surface area contributed by atoms with Gasteiger partial charge in [0.05, 0.1) is 12.1 Å². The van der Waals surface area contributed by atoms with Gasteiger partial charge in [-0.25, -0.2) is 4.79 Å². The third kappa shape index (κ3) is 4.64. The van der Waals surface area contributed by atoms with Crippen molar-refractivity contribution in [3.63, 3.8) is 0 Å². The molecule has 2 aromatic rings. The number of para-hydroxylation sites is 1. The molecule has 2 amide bonds. The Morgan fingerprint density at radius 2 is 1.79 bits per heavy atom. The first-order chi connectivity index (χ1) is 13.7. The van der Waals surface area contributed by atoms with Crippen LogP contribution >= 0.6 is 0 Å². The number of carbonyl (C=O) groups excluding carboxylic acids is 1. The van der Waals surface area contributed by atoms with Crippen molar-refractivity contribution in [2.75, 3.05) is 19.7 Å². The molecule has 2 aromatic carbocycles. The van der Waals surface area contributed by atoms with Crippen LogP contribution in [-0.2, 0) is 13.1 Å². The summed E-state index contributed by atoms with van der Waals surface area (Å²) in [5, 5.41) is 15.5. The largest absolute Gasteiger partial charge is 0.491 e. The molecule has 0 aromatic heterocycles. The molecular formula is C22H27N3O3. The number of nitrogens with one attached hydrogen (secondary N) is 2. The van der Waals surface area contributed by atoms with Crippen LogP contribution in [-0.4, -0.2) is 41.8 Å². The van der Waals surface area contributed by atoms with Crippen molar-refractivity contribution in [2.45, 2.75) is 38.1 Å². The molecule has 148 valence electrons. The topological polar surface area (TPSA) is 73.8 Å². The Hall–Kier alpha value is -2.57. The number of amides is 2. The van der Waals surface area contributed by atoms with Crippen LogP contribution < -0.4 is 15.4 Å². The average Bonchev–Trinajstić information content (AvgIpc) is 3.12. The number of carbonyl (C=O) groups is 1. The van der Waals surface area contributed by atoms with Crippen LogP contribution in [0.1, 0.15) is 35.6 Å². The van der Waals surface area contributed by atoms with Crippen LogP contribution in [0.25, 0.3) is 0 Å². The van der Waals surface area contributed by atoms with Gasteiger partial charge in [-0.3, -0.25) is 4.90 Å². The van der Waals surface area contributed by atoms with Crippen molar-refractivity contribution in [3.8, 4) is 5.75 Å². The maximum absolute atomic E-state index is 12.2. The molecule has 2 aliphatic heterocycles. The molecule has 6 nitrogen and oxygen atoms in total. The van der Waals surface area contributed by atoms with E-state index in [2.05, 4.69) is 39.8 Å². The number of benzene rings is 2. The van der Waals surface area contributed by atoms with Gasteiger partial charge in [-0.2, -0.15) is 0 Å². The van der Waals surface area contributed by atoms with Crippen molar-refractivity contribution < 1.29 is 14.6 Å². The molecule has 0 saturated carbocycles. The highest BCUT2D eigenvalue weighted by Gasteiger charge is 2.24. The second-order valence-corrected chi connectivity index (χ2v) is 7.55. The summed E-state index contributed by atoms with van der Waals surface area (Å²) in [6.45, 7) is 3.74. The number of fused-ring (bicyclic) bond motifs is 1. The molecular weight excluding hydrogens is 354 g/mol. The van der Waals surface area contributed by atoms with Gasteiger partial charge < -0.3 is 20.5 Å². The normalized spacial score (nSPS) is 19.7. The number of rotatable bonds is 5. The quantitative estimate of drug-likeness (QED) is 0.744. The Balaban J connectivity index is 1.23. The number of aliphatic hydroxyl groups is 1. The highest BCUT2D eigenvalue weighted by molar-refractivity contribution is 5.74. The predicted molar refractivity (Wildman–Crippen MR) is 107 cm³/mol. The monoisotopic (exact) mass is 381 g/mol. The molecule has 1 saturated heterocycles. The molecule has 1 unspecified atom stereocenters. The second kappa shape index (κ2) is 8.63. The number of likely N-dealkylation sites (tertiary alicyclic amines) is 1. The Kier molecular flexibility index (Phi) is 5.78. The molecule has 0 radical (unpaired) electrons. The van der Waals surface area contributed by atoms with E-state index in [4.69, 9.17) is 4.74 Å². The van der Waals surface area contributed by atoms with Crippen LogP contribution in [0.5, 0.6) is 5.75 Å². The zero-order valence-corrected chi connectivity index (χ0v) is 15.9. The standard InChI is InChI=1S/C22H27N3O3/c26-18-9-11-25(12-10-18)14-17-7-5-16(6-8-17)13-23-22(27)24-20-15-28-21-4-2-1-3-19(20)21/h1-8,18,20,26H,9-15H2,(H2,23,24,27). The van der Waals surface area contributed by atoms with Gasteiger partial charge >= 0.3 is 6.03 Å². The van der Waals surface area contributed by atoms with Crippen molar-refractivity contribution in [3.05, 3.63) is 65.2 Å². The molecule has 0 bridgehead atoms. The molecule has 28 heavy (non-hydrogen) atoms. The SMILES string of the molecule is O=C(NCc1ccc(CN2CCC(O)CC2)cc1)NC1COc2ccccc21. The van der Waals surface area contributed by atoms with Crippen LogP contribution in [0.4, 0.5) is 4.79 Å². The Bertz CT molecular complexity index is 801. The van der Waals surface area contributed by atoms with E-state index in [0.29, 0.717) is 13.2 Å². The number of ether oxygens (including phenoxy) is 1. The third-order valence-corrected chi connectivity index (χ3v) is 5.44. The molecule has 2 heterocycles. The van der Waals surface area contributed by atoms with Gasteiger partial charge in [-0.1, -0.05) is 42.5 Å². The van der Waals surface area contributed by atoms with E-state index in [1.54, 1.807) is 0 Å². The summed E-state index contributed by atoms with van der Waals surface area (Å²) >= 11 is 0. The Morgan fingerprint density at radius 3 is 2.57 bits per heavy atom. The molecule has 0 aliphatic carbocycles. The molecule has 1 fully saturated rings. The van der Waals surface area contributed by atoms with Crippen LogP contribution in [0.15, 0.2) is 48.5 Å². The number of piperidine rings is 1. The van der Waals surface area contributed by atoms with Crippen molar-refractivity contribution in [2.24, 2.45) is 0 Å². The zero-order valence-electron chi connectivity index (χ0n) is 15.9. The average molecular weight is 381 g/mol. The highest BCUT2D eigenvalue weighted by atomic mass is 16.5. The molecule has 0 spiro atoms. The van der Waals surface area contributed by atoms with Gasteiger partial charge in [0.25, 0.3) is 0 Å². The van der Waals surface area contributed by atoms with Crippen LogP contribution in [0.2, 0.25) is 0 Å². The summed E-state index contributed by atoms with van der Waals surface area (Å²) < 4.78 is 5.60. The van der Waals surface area contributed by atoms with Crippen molar-refractivity contribution >= 4 is 6.03 Å². The van der Waals surface area contributed by atoms with Crippen LogP contribution in [0.3, 0.4) is 0 Å². The third-order valence-electron chi connectivity index (χ3n) is 5.44. The summed E-state index contributed by atoms with van der Waals surface area (Å²) in [5.41, 5.74) is 3.34. The summed E-state index contributed by atoms with van der Waals surface area (Å²) in [7, 11) is 0.